The minimum Gasteiger partial charge on any atom is -0.478 e. The molecule has 0 aliphatic carbocycles. The second-order valence-electron chi connectivity index (χ2n) is 4.54. The van der Waals surface area contributed by atoms with Crippen LogP contribution in [0.4, 0.5) is 0 Å². The lowest BCUT2D eigenvalue weighted by atomic mass is 10.1. The van der Waals surface area contributed by atoms with Crippen molar-refractivity contribution in [1.29, 1.82) is 0 Å². The quantitative estimate of drug-likeness (QED) is 0.783. The summed E-state index contributed by atoms with van der Waals surface area (Å²) >= 11 is 0. The topological polar surface area (TPSA) is 104 Å². The first-order valence-electron chi connectivity index (χ1n) is 6.42. The number of carboxylic acids is 2. The zero-order valence-electron chi connectivity index (χ0n) is 11.4. The highest BCUT2D eigenvalue weighted by Crippen LogP contribution is 2.10. The first-order chi connectivity index (χ1) is 10.5. The molecule has 0 bridgehead atoms. The van der Waals surface area contributed by atoms with E-state index in [4.69, 9.17) is 10.2 Å². The molecule has 0 aliphatic heterocycles. The van der Waals surface area contributed by atoms with Crippen molar-refractivity contribution in [3.63, 3.8) is 0 Å². The van der Waals surface area contributed by atoms with Crippen LogP contribution in [-0.4, -0.2) is 28.1 Å². The van der Waals surface area contributed by atoms with E-state index in [1.54, 1.807) is 18.2 Å². The first-order valence-corrected chi connectivity index (χ1v) is 6.42. The highest BCUT2D eigenvalue weighted by Gasteiger charge is 2.15. The number of nitrogens with one attached hydrogen (secondary N) is 1. The molecule has 1 amide bonds. The van der Waals surface area contributed by atoms with E-state index in [1.165, 1.54) is 30.3 Å². The van der Waals surface area contributed by atoms with Crippen molar-refractivity contribution >= 4 is 17.8 Å². The van der Waals surface area contributed by atoms with Crippen LogP contribution in [0, 0.1) is 0 Å². The van der Waals surface area contributed by atoms with Crippen molar-refractivity contribution < 1.29 is 24.6 Å². The number of benzene rings is 2. The van der Waals surface area contributed by atoms with Gasteiger partial charge in [0.25, 0.3) is 5.91 Å². The zero-order chi connectivity index (χ0) is 16.1. The highest BCUT2D eigenvalue weighted by atomic mass is 16.4. The van der Waals surface area contributed by atoms with Crippen molar-refractivity contribution in [1.82, 2.24) is 5.32 Å². The summed E-state index contributed by atoms with van der Waals surface area (Å²) in [5.41, 5.74) is 0.711. The molecule has 2 aromatic rings. The molecule has 0 unspecified atom stereocenters. The summed E-state index contributed by atoms with van der Waals surface area (Å²) in [5, 5.41) is 20.5. The van der Waals surface area contributed by atoms with Gasteiger partial charge in [0, 0.05) is 6.54 Å². The molecule has 0 saturated heterocycles. The van der Waals surface area contributed by atoms with Crippen LogP contribution in [0.1, 0.15) is 36.6 Å². The number of amides is 1. The number of carbonyl (C=O) groups excluding carboxylic acids is 1. The Morgan fingerprint density at radius 1 is 0.864 bits per heavy atom. The van der Waals surface area contributed by atoms with Crippen LogP contribution < -0.4 is 5.32 Å². The maximum Gasteiger partial charge on any atom is 0.336 e. The second-order valence-corrected chi connectivity index (χ2v) is 4.54. The highest BCUT2D eigenvalue weighted by molar-refractivity contribution is 6.04. The van der Waals surface area contributed by atoms with Gasteiger partial charge in [0.2, 0.25) is 0 Å². The van der Waals surface area contributed by atoms with Gasteiger partial charge in [0.05, 0.1) is 16.7 Å². The smallest absolute Gasteiger partial charge is 0.336 e. The Labute approximate surface area is 126 Å². The predicted octanol–water partition coefficient (Wildman–Crippen LogP) is 2.01. The van der Waals surface area contributed by atoms with Gasteiger partial charge in [-0.1, -0.05) is 24.3 Å². The lowest BCUT2D eigenvalue weighted by Crippen LogP contribution is -2.25. The maximum atomic E-state index is 12.1. The molecule has 6 heteroatoms. The summed E-state index contributed by atoms with van der Waals surface area (Å²) in [6, 6.07) is 12.0. The van der Waals surface area contributed by atoms with Crippen LogP contribution in [0.25, 0.3) is 0 Å². The Hall–Kier alpha value is -3.15. The Kier molecular flexibility index (Phi) is 4.53. The number of carboxylic acid groups (broad SMARTS) is 2. The molecule has 0 aliphatic rings. The van der Waals surface area contributed by atoms with Gasteiger partial charge in [-0.3, -0.25) is 4.79 Å². The van der Waals surface area contributed by atoms with Crippen LogP contribution in [0.3, 0.4) is 0 Å². The van der Waals surface area contributed by atoms with E-state index in [-0.39, 0.29) is 23.2 Å². The van der Waals surface area contributed by atoms with Crippen molar-refractivity contribution in [2.45, 2.75) is 6.54 Å². The van der Waals surface area contributed by atoms with E-state index >= 15 is 0 Å². The second kappa shape index (κ2) is 6.53. The van der Waals surface area contributed by atoms with Gasteiger partial charge in [-0.25, -0.2) is 9.59 Å². The number of aromatic carboxylic acids is 2. The Balaban J connectivity index is 2.12. The minimum atomic E-state index is -1.18. The molecule has 0 aromatic heterocycles. The van der Waals surface area contributed by atoms with Crippen molar-refractivity contribution in [3.05, 3.63) is 70.8 Å². The molecule has 22 heavy (non-hydrogen) atoms. The van der Waals surface area contributed by atoms with E-state index in [0.29, 0.717) is 5.56 Å². The van der Waals surface area contributed by atoms with Crippen LogP contribution >= 0.6 is 0 Å². The molecule has 0 atom stereocenters. The Morgan fingerprint density at radius 2 is 1.55 bits per heavy atom. The molecule has 0 radical (unpaired) electrons. The van der Waals surface area contributed by atoms with Gasteiger partial charge in [-0.15, -0.1) is 0 Å². The monoisotopic (exact) mass is 299 g/mol. The molecule has 3 N–H and O–H groups in total. The van der Waals surface area contributed by atoms with Crippen LogP contribution in [0.2, 0.25) is 0 Å². The predicted molar refractivity (Wildman–Crippen MR) is 78.0 cm³/mol. The molecular formula is C16H13NO5. The largest absolute Gasteiger partial charge is 0.478 e. The minimum absolute atomic E-state index is 0.0596. The summed E-state index contributed by atoms with van der Waals surface area (Å²) in [6.45, 7) is 0.105. The summed E-state index contributed by atoms with van der Waals surface area (Å²) in [4.78, 5) is 34.0. The van der Waals surface area contributed by atoms with Gasteiger partial charge in [0.1, 0.15) is 0 Å². The number of hydrogen-bond acceptors (Lipinski definition) is 3. The average molecular weight is 299 g/mol. The van der Waals surface area contributed by atoms with Crippen molar-refractivity contribution in [2.24, 2.45) is 0 Å². The number of hydrogen-bond donors (Lipinski definition) is 3. The van der Waals surface area contributed by atoms with Gasteiger partial charge >= 0.3 is 11.9 Å². The molecule has 6 nitrogen and oxygen atoms in total. The lowest BCUT2D eigenvalue weighted by Gasteiger charge is -2.08. The van der Waals surface area contributed by atoms with Crippen LogP contribution in [0.5, 0.6) is 0 Å². The third-order valence-corrected chi connectivity index (χ3v) is 3.03. The van der Waals surface area contributed by atoms with E-state index in [9.17, 15) is 14.4 Å². The Morgan fingerprint density at radius 3 is 2.18 bits per heavy atom. The molecule has 0 saturated carbocycles. The SMILES string of the molecule is O=C(O)c1cccc(CNC(=O)c2ccccc2C(=O)O)c1. The summed E-state index contributed by atoms with van der Waals surface area (Å²) in [6.07, 6.45) is 0. The molecule has 0 heterocycles. The number of rotatable bonds is 5. The van der Waals surface area contributed by atoms with Gasteiger partial charge in [0.15, 0.2) is 0 Å². The third kappa shape index (κ3) is 3.49. The van der Waals surface area contributed by atoms with E-state index < -0.39 is 17.8 Å². The lowest BCUT2D eigenvalue weighted by molar-refractivity contribution is 0.0683. The van der Waals surface area contributed by atoms with Crippen LogP contribution in [-0.2, 0) is 6.54 Å². The standard InChI is InChI=1S/C16H13NO5/c18-14(12-6-1-2-7-13(12)16(21)22)17-9-10-4-3-5-11(8-10)15(19)20/h1-8H,9H2,(H,17,18)(H,19,20)(H,21,22). The summed E-state index contributed by atoms with van der Waals surface area (Å²) in [7, 11) is 0. The fourth-order valence-corrected chi connectivity index (χ4v) is 1.96. The molecule has 2 aromatic carbocycles. The normalized spacial score (nSPS) is 10.0. The Bertz CT molecular complexity index is 739. The fourth-order valence-electron chi connectivity index (χ4n) is 1.96. The van der Waals surface area contributed by atoms with Gasteiger partial charge < -0.3 is 15.5 Å². The van der Waals surface area contributed by atoms with E-state index in [1.807, 2.05) is 0 Å². The third-order valence-electron chi connectivity index (χ3n) is 3.03. The zero-order valence-corrected chi connectivity index (χ0v) is 11.4. The van der Waals surface area contributed by atoms with E-state index in [0.717, 1.165) is 0 Å². The fraction of sp³-hybridized carbons (Fsp3) is 0.0625. The average Bonchev–Trinajstić information content (AvgIpc) is 2.52. The molecule has 0 spiro atoms. The molecule has 0 fully saturated rings. The number of carbonyl (C=O) groups is 3. The van der Waals surface area contributed by atoms with Crippen molar-refractivity contribution in [2.75, 3.05) is 0 Å². The van der Waals surface area contributed by atoms with E-state index in [2.05, 4.69) is 5.32 Å². The molecular weight excluding hydrogens is 286 g/mol. The van der Waals surface area contributed by atoms with Gasteiger partial charge in [-0.05, 0) is 29.8 Å². The maximum absolute atomic E-state index is 12.1. The summed E-state index contributed by atoms with van der Waals surface area (Å²) < 4.78 is 0. The molecule has 112 valence electrons. The summed E-state index contributed by atoms with van der Waals surface area (Å²) in [5.74, 6) is -2.76. The first kappa shape index (κ1) is 15.2. The molecule has 2 rings (SSSR count). The van der Waals surface area contributed by atoms with Gasteiger partial charge in [-0.2, -0.15) is 0 Å². The van der Waals surface area contributed by atoms with Crippen molar-refractivity contribution in [3.8, 4) is 0 Å². The van der Waals surface area contributed by atoms with Crippen LogP contribution in [0.15, 0.2) is 48.5 Å².